The number of aryl methyl sites for hydroxylation is 1. The molecule has 0 radical (unpaired) electrons. The molecular weight excluding hydrogens is 352 g/mol. The number of hydrogen-bond donors (Lipinski definition) is 2. The van der Waals surface area contributed by atoms with Gasteiger partial charge in [0.1, 0.15) is 0 Å². The summed E-state index contributed by atoms with van der Waals surface area (Å²) in [5.41, 5.74) is 1.20. The van der Waals surface area contributed by atoms with Crippen LogP contribution in [0.2, 0.25) is 0 Å². The zero-order valence-corrected chi connectivity index (χ0v) is 16.9. The zero-order chi connectivity index (χ0) is 19.6. The van der Waals surface area contributed by atoms with Gasteiger partial charge in [0.05, 0.1) is 0 Å². The second-order valence-electron chi connectivity index (χ2n) is 7.88. The van der Waals surface area contributed by atoms with Crippen molar-refractivity contribution >= 4 is 11.8 Å². The lowest BCUT2D eigenvalue weighted by atomic mass is 9.95. The molecule has 0 spiro atoms. The minimum Gasteiger partial charge on any atom is -0.356 e. The molecule has 2 heterocycles. The van der Waals surface area contributed by atoms with Gasteiger partial charge < -0.3 is 20.4 Å². The maximum Gasteiger partial charge on any atom is 0.223 e. The number of carbonyl (C=O) groups excluding carboxylic acids is 2. The topological polar surface area (TPSA) is 64.7 Å². The normalized spacial score (nSPS) is 18.8. The van der Waals surface area contributed by atoms with Crippen LogP contribution in [0.25, 0.3) is 0 Å². The highest BCUT2D eigenvalue weighted by Crippen LogP contribution is 2.18. The molecule has 0 saturated carbocycles. The summed E-state index contributed by atoms with van der Waals surface area (Å²) in [4.78, 5) is 29.2. The van der Waals surface area contributed by atoms with Gasteiger partial charge in [-0.05, 0) is 37.8 Å². The van der Waals surface area contributed by atoms with Crippen LogP contribution in [0.4, 0.5) is 0 Å². The third-order valence-electron chi connectivity index (χ3n) is 5.85. The summed E-state index contributed by atoms with van der Waals surface area (Å²) in [6.45, 7) is 7.54. The van der Waals surface area contributed by atoms with E-state index in [0.717, 1.165) is 65.0 Å². The molecule has 0 aromatic heterocycles. The second kappa shape index (κ2) is 11.2. The van der Waals surface area contributed by atoms with Gasteiger partial charge in [-0.15, -0.1) is 0 Å². The van der Waals surface area contributed by atoms with Crippen molar-refractivity contribution in [1.29, 1.82) is 0 Å². The number of likely N-dealkylation sites (tertiary alicyclic amines) is 1. The quantitative estimate of drug-likeness (QED) is 0.661. The van der Waals surface area contributed by atoms with E-state index in [2.05, 4.69) is 27.7 Å². The van der Waals surface area contributed by atoms with E-state index in [-0.39, 0.29) is 17.7 Å². The van der Waals surface area contributed by atoms with Crippen LogP contribution in [-0.2, 0) is 16.0 Å². The number of rotatable bonds is 8. The van der Waals surface area contributed by atoms with Crippen molar-refractivity contribution < 1.29 is 9.59 Å². The number of carbonyl (C=O) groups is 2. The van der Waals surface area contributed by atoms with Crippen molar-refractivity contribution in [3.63, 3.8) is 0 Å². The van der Waals surface area contributed by atoms with Gasteiger partial charge in [-0.25, -0.2) is 0 Å². The highest BCUT2D eigenvalue weighted by atomic mass is 16.2. The number of amides is 2. The molecule has 2 fully saturated rings. The molecule has 0 atom stereocenters. The van der Waals surface area contributed by atoms with Crippen molar-refractivity contribution in [2.45, 2.75) is 32.1 Å². The maximum atomic E-state index is 12.4. The second-order valence-corrected chi connectivity index (χ2v) is 7.88. The van der Waals surface area contributed by atoms with Crippen molar-refractivity contribution in [1.82, 2.24) is 20.4 Å². The number of hydrogen-bond acceptors (Lipinski definition) is 4. The van der Waals surface area contributed by atoms with Gasteiger partial charge in [-0.2, -0.15) is 0 Å². The van der Waals surface area contributed by atoms with Crippen LogP contribution in [0.15, 0.2) is 30.3 Å². The van der Waals surface area contributed by atoms with Crippen LogP contribution in [0, 0.1) is 5.92 Å². The van der Waals surface area contributed by atoms with E-state index in [9.17, 15) is 9.59 Å². The van der Waals surface area contributed by atoms with Crippen LogP contribution in [0.5, 0.6) is 0 Å². The number of nitrogens with zero attached hydrogens (tertiary/aromatic N) is 2. The minimum atomic E-state index is 0.0531. The average molecular weight is 387 g/mol. The Kier molecular flexibility index (Phi) is 8.30. The smallest absolute Gasteiger partial charge is 0.223 e. The highest BCUT2D eigenvalue weighted by Gasteiger charge is 2.26. The van der Waals surface area contributed by atoms with Gasteiger partial charge in [0.15, 0.2) is 0 Å². The third kappa shape index (κ3) is 6.60. The summed E-state index contributed by atoms with van der Waals surface area (Å²) < 4.78 is 0. The first-order chi connectivity index (χ1) is 13.7. The minimum absolute atomic E-state index is 0.0531. The molecule has 0 unspecified atom stereocenters. The maximum absolute atomic E-state index is 12.4. The summed E-state index contributed by atoms with van der Waals surface area (Å²) in [6, 6.07) is 10.1. The molecule has 3 rings (SSSR count). The van der Waals surface area contributed by atoms with Crippen LogP contribution >= 0.6 is 0 Å². The zero-order valence-electron chi connectivity index (χ0n) is 16.9. The summed E-state index contributed by atoms with van der Waals surface area (Å²) in [5.74, 6) is 0.424. The predicted molar refractivity (Wildman–Crippen MR) is 111 cm³/mol. The Labute approximate surface area is 168 Å². The first kappa shape index (κ1) is 20.8. The Morgan fingerprint density at radius 1 is 1.04 bits per heavy atom. The predicted octanol–water partition coefficient (Wildman–Crippen LogP) is 1.27. The van der Waals surface area contributed by atoms with Crippen molar-refractivity contribution in [3.05, 3.63) is 35.9 Å². The average Bonchev–Trinajstić information content (AvgIpc) is 2.76. The van der Waals surface area contributed by atoms with Gasteiger partial charge in [-0.1, -0.05) is 30.3 Å². The Morgan fingerprint density at radius 2 is 1.75 bits per heavy atom. The lowest BCUT2D eigenvalue weighted by Crippen LogP contribution is -2.45. The first-order valence-corrected chi connectivity index (χ1v) is 10.7. The lowest BCUT2D eigenvalue weighted by Gasteiger charge is -2.31. The van der Waals surface area contributed by atoms with Crippen LogP contribution in [0.1, 0.15) is 31.2 Å². The molecule has 0 aliphatic carbocycles. The summed E-state index contributed by atoms with van der Waals surface area (Å²) in [6.07, 6.45) is 3.89. The van der Waals surface area contributed by atoms with E-state index in [1.165, 1.54) is 5.56 Å². The van der Waals surface area contributed by atoms with Crippen LogP contribution < -0.4 is 10.6 Å². The molecule has 2 aliphatic rings. The molecule has 2 amide bonds. The Bertz CT molecular complexity index is 608. The molecule has 1 aromatic rings. The van der Waals surface area contributed by atoms with E-state index >= 15 is 0 Å². The van der Waals surface area contributed by atoms with Crippen molar-refractivity contribution in [2.75, 3.05) is 52.4 Å². The standard InChI is InChI=1S/C22H34N4O2/c27-21(8-7-19-5-2-1-3-6-19)26-15-9-20(10-16-26)22(28)24-11-4-14-25-17-12-23-13-18-25/h1-3,5-6,20,23H,4,7-18H2,(H,24,28). The molecule has 2 aliphatic heterocycles. The molecule has 28 heavy (non-hydrogen) atoms. The summed E-state index contributed by atoms with van der Waals surface area (Å²) in [7, 11) is 0. The Morgan fingerprint density at radius 3 is 2.46 bits per heavy atom. The molecule has 0 bridgehead atoms. The summed E-state index contributed by atoms with van der Waals surface area (Å²) >= 11 is 0. The Balaban J connectivity index is 1.28. The van der Waals surface area contributed by atoms with Crippen molar-refractivity contribution in [2.24, 2.45) is 5.92 Å². The van der Waals surface area contributed by atoms with Gasteiger partial charge in [0.25, 0.3) is 0 Å². The number of nitrogens with one attached hydrogen (secondary N) is 2. The molecular formula is C22H34N4O2. The van der Waals surface area contributed by atoms with Crippen molar-refractivity contribution in [3.8, 4) is 0 Å². The van der Waals surface area contributed by atoms with E-state index in [1.54, 1.807) is 0 Å². The fourth-order valence-corrected chi connectivity index (χ4v) is 4.04. The summed E-state index contributed by atoms with van der Waals surface area (Å²) in [5, 5.41) is 6.45. The molecule has 1 aromatic carbocycles. The van der Waals surface area contributed by atoms with Gasteiger partial charge >= 0.3 is 0 Å². The largest absolute Gasteiger partial charge is 0.356 e. The van der Waals surface area contributed by atoms with Gasteiger partial charge in [0.2, 0.25) is 11.8 Å². The SMILES string of the molecule is O=C(NCCCN1CCNCC1)C1CCN(C(=O)CCc2ccccc2)CC1. The molecule has 6 nitrogen and oxygen atoms in total. The van der Waals surface area contributed by atoms with Crippen LogP contribution in [0.3, 0.4) is 0 Å². The number of piperazine rings is 1. The van der Waals surface area contributed by atoms with E-state index in [4.69, 9.17) is 0 Å². The lowest BCUT2D eigenvalue weighted by molar-refractivity contribution is -0.135. The molecule has 2 saturated heterocycles. The fourth-order valence-electron chi connectivity index (χ4n) is 4.04. The molecule has 154 valence electrons. The molecule has 2 N–H and O–H groups in total. The molecule has 6 heteroatoms. The van der Waals surface area contributed by atoms with Gasteiger partial charge in [-0.3, -0.25) is 9.59 Å². The number of benzene rings is 1. The van der Waals surface area contributed by atoms with Gasteiger partial charge in [0, 0.05) is 58.2 Å². The van der Waals surface area contributed by atoms with E-state index < -0.39 is 0 Å². The first-order valence-electron chi connectivity index (χ1n) is 10.7. The van der Waals surface area contributed by atoms with E-state index in [0.29, 0.717) is 19.5 Å². The highest BCUT2D eigenvalue weighted by molar-refractivity contribution is 5.80. The number of piperidine rings is 1. The monoisotopic (exact) mass is 386 g/mol. The Hall–Kier alpha value is -1.92. The third-order valence-corrected chi connectivity index (χ3v) is 5.85. The fraction of sp³-hybridized carbons (Fsp3) is 0.636. The van der Waals surface area contributed by atoms with E-state index in [1.807, 2.05) is 23.1 Å². The van der Waals surface area contributed by atoms with Crippen LogP contribution in [-0.4, -0.2) is 74.0 Å².